The Morgan fingerprint density at radius 3 is 2.42 bits per heavy atom. The van der Waals surface area contributed by atoms with E-state index in [0.717, 1.165) is 47.3 Å². The number of nitrogens with zero attached hydrogens (tertiary/aromatic N) is 6. The molecule has 7 rings (SSSR count). The summed E-state index contributed by atoms with van der Waals surface area (Å²) in [5, 5.41) is 15.9. The van der Waals surface area contributed by atoms with Crippen LogP contribution < -0.4 is 15.4 Å². The number of benzene rings is 2. The summed E-state index contributed by atoms with van der Waals surface area (Å²) in [7, 11) is -3.51. The molecule has 4 heterocycles. The first-order chi connectivity index (χ1) is 25.6. The molecule has 0 spiro atoms. The molecular weight excluding hydrogens is 705 g/mol. The molecule has 53 heavy (non-hydrogen) atoms. The number of amides is 4. The summed E-state index contributed by atoms with van der Waals surface area (Å²) in [4.78, 5) is 61.7. The van der Waals surface area contributed by atoms with Gasteiger partial charge >= 0.3 is 0 Å². The Labute approximate surface area is 306 Å². The largest absolute Gasteiger partial charge is 0.491 e. The summed E-state index contributed by atoms with van der Waals surface area (Å²) in [6.07, 6.45) is 5.55. The molecule has 1 atom stereocenters. The highest BCUT2D eigenvalue weighted by atomic mass is 32.2. The minimum absolute atomic E-state index is 0.000453. The molecule has 1 aromatic heterocycles. The van der Waals surface area contributed by atoms with Gasteiger partial charge in [0, 0.05) is 50.1 Å². The minimum Gasteiger partial charge on any atom is -0.491 e. The van der Waals surface area contributed by atoms with Gasteiger partial charge in [0.05, 0.1) is 47.2 Å². The Hall–Kier alpha value is -5.02. The van der Waals surface area contributed by atoms with E-state index in [1.165, 1.54) is 22.8 Å². The average Bonchev–Trinajstić information content (AvgIpc) is 3.41. The molecule has 2 aromatic carbocycles. The van der Waals surface area contributed by atoms with Crippen LogP contribution in [0.15, 0.2) is 42.7 Å². The number of anilines is 1. The van der Waals surface area contributed by atoms with Gasteiger partial charge in [-0.2, -0.15) is 9.57 Å². The number of ether oxygens (including phenoxy) is 2. The van der Waals surface area contributed by atoms with Crippen LogP contribution in [0.5, 0.6) is 5.75 Å². The number of aromatic nitrogens is 2. The Morgan fingerprint density at radius 2 is 1.66 bits per heavy atom. The number of carbonyl (C=O) groups is 4. The minimum atomic E-state index is -3.51. The second-order valence-electron chi connectivity index (χ2n) is 13.6. The number of rotatable bonds is 12. The lowest BCUT2D eigenvalue weighted by molar-refractivity contribution is -0.136. The van der Waals surface area contributed by atoms with Crippen molar-refractivity contribution >= 4 is 50.4 Å². The fraction of sp³-hybridized carbons (Fsp3) is 0.472. The van der Waals surface area contributed by atoms with E-state index in [-0.39, 0.29) is 55.6 Å². The third-order valence-electron chi connectivity index (χ3n) is 10.4. The van der Waals surface area contributed by atoms with Crippen molar-refractivity contribution in [1.29, 1.82) is 5.26 Å². The lowest BCUT2D eigenvalue weighted by Crippen LogP contribution is -2.54. The second kappa shape index (κ2) is 15.5. The molecule has 1 unspecified atom stereocenters. The summed E-state index contributed by atoms with van der Waals surface area (Å²) >= 11 is 0. The Balaban J connectivity index is 0.804. The first-order valence-corrected chi connectivity index (χ1v) is 19.4. The molecule has 17 heteroatoms. The number of carbonyl (C=O) groups excluding carboxylic acids is 4. The predicted molar refractivity (Wildman–Crippen MR) is 190 cm³/mol. The molecule has 0 radical (unpaired) electrons. The number of piperidine rings is 1. The van der Waals surface area contributed by atoms with Crippen molar-refractivity contribution in [3.05, 3.63) is 59.4 Å². The molecule has 2 N–H and O–H groups in total. The topological polar surface area (TPSA) is 204 Å². The fourth-order valence-electron chi connectivity index (χ4n) is 7.52. The van der Waals surface area contributed by atoms with Gasteiger partial charge in [-0.1, -0.05) is 0 Å². The molecule has 0 bridgehead atoms. The Bertz CT molecular complexity index is 2070. The quantitative estimate of drug-likeness (QED) is 0.200. The predicted octanol–water partition coefficient (Wildman–Crippen LogP) is 1.67. The van der Waals surface area contributed by atoms with Gasteiger partial charge in [-0.05, 0) is 68.5 Å². The van der Waals surface area contributed by atoms with E-state index in [2.05, 4.69) is 31.6 Å². The highest BCUT2D eigenvalue weighted by Gasteiger charge is 2.44. The summed E-state index contributed by atoms with van der Waals surface area (Å²) in [5.74, 6) is -1.43. The van der Waals surface area contributed by atoms with E-state index in [9.17, 15) is 32.9 Å². The van der Waals surface area contributed by atoms with Crippen LogP contribution >= 0.6 is 0 Å². The zero-order valence-corrected chi connectivity index (χ0v) is 29.8. The van der Waals surface area contributed by atoms with Gasteiger partial charge in [-0.15, -0.1) is 0 Å². The van der Waals surface area contributed by atoms with Crippen LogP contribution in [0, 0.1) is 11.3 Å². The molecule has 2 saturated heterocycles. The number of imide groups is 2. The Morgan fingerprint density at radius 1 is 0.887 bits per heavy atom. The van der Waals surface area contributed by atoms with E-state index in [4.69, 9.17) is 9.47 Å². The van der Waals surface area contributed by atoms with Gasteiger partial charge in [0.2, 0.25) is 21.8 Å². The van der Waals surface area contributed by atoms with Gasteiger partial charge < -0.3 is 14.8 Å². The third kappa shape index (κ3) is 7.86. The average molecular weight is 745 g/mol. The van der Waals surface area contributed by atoms with Crippen molar-refractivity contribution in [2.24, 2.45) is 0 Å². The van der Waals surface area contributed by atoms with Gasteiger partial charge in [-0.25, -0.2) is 18.4 Å². The maximum Gasteiger partial charge on any atom is 0.262 e. The number of hydrogen-bond donors (Lipinski definition) is 2. The zero-order chi connectivity index (χ0) is 37.1. The first kappa shape index (κ1) is 36.3. The second-order valence-corrected chi connectivity index (χ2v) is 15.7. The van der Waals surface area contributed by atoms with Crippen LogP contribution in [0.2, 0.25) is 0 Å². The van der Waals surface area contributed by atoms with Crippen molar-refractivity contribution in [1.82, 2.24) is 29.4 Å². The molecule has 3 aliphatic heterocycles. The standard InChI is InChI=1S/C36H40N8O8S/c37-21-23-1-8-30-29(19-23)33(39-22-38-30)40-24-2-4-25(5-3-24)42-11-13-43(14-12-42)53(49,50)18-17-51-15-16-52-26-6-7-27-28(20-26)36(48)44(35(27)47)31-9-10-32(45)41-34(31)46/h1,6-8,19-20,22,24-25,31H,2-5,9-18H2,(H,38,39,40)(H,41,45,46)/t24-,25-,31?. The number of sulfonamides is 1. The fourth-order valence-corrected chi connectivity index (χ4v) is 8.83. The lowest BCUT2D eigenvalue weighted by Gasteiger charge is -2.41. The van der Waals surface area contributed by atoms with Crippen LogP contribution in [-0.2, 0) is 24.3 Å². The molecule has 4 amide bonds. The van der Waals surface area contributed by atoms with Crippen LogP contribution in [0.25, 0.3) is 10.9 Å². The molecule has 3 fully saturated rings. The summed E-state index contributed by atoms with van der Waals surface area (Å²) in [6, 6.07) is 11.6. The van der Waals surface area contributed by atoms with Gasteiger partial charge in [0.25, 0.3) is 11.8 Å². The number of fused-ring (bicyclic) bond motifs is 2. The number of nitrogens with one attached hydrogen (secondary N) is 2. The maximum absolute atomic E-state index is 13.1. The molecule has 3 aromatic rings. The lowest BCUT2D eigenvalue weighted by atomic mass is 9.89. The first-order valence-electron chi connectivity index (χ1n) is 17.8. The van der Waals surface area contributed by atoms with Gasteiger partial charge in [0.1, 0.15) is 30.5 Å². The third-order valence-corrected chi connectivity index (χ3v) is 12.2. The zero-order valence-electron chi connectivity index (χ0n) is 29.0. The molecule has 4 aliphatic rings. The maximum atomic E-state index is 13.1. The van der Waals surface area contributed by atoms with Crippen LogP contribution in [0.1, 0.15) is 64.8 Å². The molecule has 1 saturated carbocycles. The number of piperazine rings is 1. The van der Waals surface area contributed by atoms with Crippen molar-refractivity contribution in [3.63, 3.8) is 0 Å². The highest BCUT2D eigenvalue weighted by Crippen LogP contribution is 2.31. The Kier molecular flexibility index (Phi) is 10.6. The van der Waals surface area contributed by atoms with E-state index < -0.39 is 39.7 Å². The highest BCUT2D eigenvalue weighted by molar-refractivity contribution is 7.89. The molecular formula is C36H40N8O8S. The van der Waals surface area contributed by atoms with E-state index in [0.29, 0.717) is 43.5 Å². The monoisotopic (exact) mass is 744 g/mol. The van der Waals surface area contributed by atoms with Crippen LogP contribution in [0.3, 0.4) is 0 Å². The van der Waals surface area contributed by atoms with Crippen molar-refractivity contribution in [2.45, 2.75) is 56.7 Å². The van der Waals surface area contributed by atoms with Crippen molar-refractivity contribution < 1.29 is 37.1 Å². The smallest absolute Gasteiger partial charge is 0.262 e. The van der Waals surface area contributed by atoms with Crippen LogP contribution in [0.4, 0.5) is 5.82 Å². The molecule has 278 valence electrons. The van der Waals surface area contributed by atoms with E-state index in [1.807, 2.05) is 12.1 Å². The summed E-state index contributed by atoms with van der Waals surface area (Å²) < 4.78 is 38.9. The van der Waals surface area contributed by atoms with Gasteiger partial charge in [0.15, 0.2) is 0 Å². The summed E-state index contributed by atoms with van der Waals surface area (Å²) in [5.41, 5.74) is 1.62. The number of hydrogen-bond acceptors (Lipinski definition) is 13. The van der Waals surface area contributed by atoms with Crippen LogP contribution in [-0.4, -0.2) is 126 Å². The van der Waals surface area contributed by atoms with E-state index >= 15 is 0 Å². The summed E-state index contributed by atoms with van der Waals surface area (Å²) in [6.45, 7) is 2.40. The van der Waals surface area contributed by atoms with E-state index in [1.54, 1.807) is 12.1 Å². The van der Waals surface area contributed by atoms with Gasteiger partial charge in [-0.3, -0.25) is 34.3 Å². The molecule has 16 nitrogen and oxygen atoms in total. The molecule has 1 aliphatic carbocycles. The number of nitriles is 1. The van der Waals surface area contributed by atoms with Crippen molar-refractivity contribution in [2.75, 3.05) is 57.1 Å². The normalized spacial score (nSPS) is 22.8. The SMILES string of the molecule is N#Cc1ccc2ncnc(N[C@H]3CC[C@H](N4CCN(S(=O)(=O)CCOCCOc5ccc6c(c5)C(=O)N(C5CCC(=O)NC5=O)C6=O)CC4)CC3)c2c1. The van der Waals surface area contributed by atoms with Crippen molar-refractivity contribution in [3.8, 4) is 11.8 Å².